The monoisotopic (exact) mass is 224 g/mol. The normalized spacial score (nSPS) is 10.8. The highest BCUT2D eigenvalue weighted by Gasteiger charge is 2.25. The smallest absolute Gasteiger partial charge is 0.107 e. The third-order valence-electron chi connectivity index (χ3n) is 1.93. The molecule has 0 aromatic heterocycles. The van der Waals surface area contributed by atoms with Crippen molar-refractivity contribution in [2.24, 2.45) is 5.41 Å². The Bertz CT molecular complexity index is 227. The van der Waals surface area contributed by atoms with Crippen molar-refractivity contribution in [2.45, 2.75) is 13.8 Å². The summed E-state index contributed by atoms with van der Waals surface area (Å²) in [6.45, 7) is 6.82. The Morgan fingerprint density at radius 3 is 1.75 bits per heavy atom. The van der Waals surface area contributed by atoms with E-state index in [0.717, 1.165) is 0 Å². The van der Waals surface area contributed by atoms with Gasteiger partial charge >= 0.3 is 0 Å². The number of rotatable bonds is 9. The minimum absolute atomic E-state index is 0.205. The molecule has 0 bridgehead atoms. The summed E-state index contributed by atoms with van der Waals surface area (Å²) in [6, 6.07) is 0. The van der Waals surface area contributed by atoms with Crippen LogP contribution in [0.3, 0.4) is 0 Å². The average molecular weight is 224 g/mol. The molecule has 0 rings (SSSR count). The van der Waals surface area contributed by atoms with Crippen LogP contribution in [0, 0.1) is 30.1 Å². The van der Waals surface area contributed by atoms with E-state index in [0.29, 0.717) is 39.6 Å². The van der Waals surface area contributed by atoms with Gasteiger partial charge in [-0.3, -0.25) is 0 Å². The molecule has 0 aliphatic heterocycles. The molecule has 0 fully saturated rings. The molecule has 0 aromatic rings. The summed E-state index contributed by atoms with van der Waals surface area (Å²) >= 11 is 0. The third-order valence-corrected chi connectivity index (χ3v) is 1.93. The second-order valence-electron chi connectivity index (χ2n) is 3.84. The average Bonchev–Trinajstić information content (AvgIpc) is 2.27. The van der Waals surface area contributed by atoms with Crippen LogP contribution in [0.5, 0.6) is 0 Å². The van der Waals surface area contributed by atoms with E-state index in [2.05, 4.69) is 11.8 Å². The van der Waals surface area contributed by atoms with Crippen LogP contribution in [0.15, 0.2) is 0 Å². The van der Waals surface area contributed by atoms with E-state index in [-0.39, 0.29) is 5.41 Å². The summed E-state index contributed by atoms with van der Waals surface area (Å²) in [5.74, 6) is 4.85. The van der Waals surface area contributed by atoms with Gasteiger partial charge < -0.3 is 14.2 Å². The van der Waals surface area contributed by atoms with Crippen molar-refractivity contribution in [3.8, 4) is 24.7 Å². The van der Waals surface area contributed by atoms with Gasteiger partial charge in [-0.2, -0.15) is 0 Å². The Morgan fingerprint density at radius 1 is 0.938 bits per heavy atom. The minimum atomic E-state index is -0.205. The summed E-state index contributed by atoms with van der Waals surface area (Å²) in [4.78, 5) is 0. The summed E-state index contributed by atoms with van der Waals surface area (Å²) in [7, 11) is 0. The van der Waals surface area contributed by atoms with E-state index < -0.39 is 0 Å². The van der Waals surface area contributed by atoms with Gasteiger partial charge in [0.05, 0.1) is 19.8 Å². The van der Waals surface area contributed by atoms with Crippen LogP contribution in [0.25, 0.3) is 0 Å². The second-order valence-corrected chi connectivity index (χ2v) is 3.84. The third kappa shape index (κ3) is 7.31. The maximum absolute atomic E-state index is 5.40. The molecule has 0 aliphatic rings. The van der Waals surface area contributed by atoms with E-state index >= 15 is 0 Å². The van der Waals surface area contributed by atoms with Crippen LogP contribution in [-0.2, 0) is 14.2 Å². The molecular weight excluding hydrogens is 204 g/mol. The summed E-state index contributed by atoms with van der Waals surface area (Å²) in [5, 5.41) is 0. The minimum Gasteiger partial charge on any atom is -0.381 e. The predicted octanol–water partition coefficient (Wildman–Crippen LogP) is 1.33. The predicted molar refractivity (Wildman–Crippen MR) is 63.9 cm³/mol. The highest BCUT2D eigenvalue weighted by molar-refractivity contribution is 4.85. The lowest BCUT2D eigenvalue weighted by molar-refractivity contribution is -0.0473. The molecule has 0 atom stereocenters. The number of hydrogen-bond acceptors (Lipinski definition) is 3. The van der Waals surface area contributed by atoms with Crippen molar-refractivity contribution in [2.75, 3.05) is 39.6 Å². The van der Waals surface area contributed by atoms with Crippen LogP contribution in [-0.4, -0.2) is 39.6 Å². The number of terminal acetylenes is 2. The Morgan fingerprint density at radius 2 is 1.38 bits per heavy atom. The molecule has 0 N–H and O–H groups in total. The molecule has 0 aromatic carbocycles. The fourth-order valence-corrected chi connectivity index (χ4v) is 1.19. The van der Waals surface area contributed by atoms with Crippen LogP contribution < -0.4 is 0 Å². The highest BCUT2D eigenvalue weighted by atomic mass is 16.5. The van der Waals surface area contributed by atoms with Crippen LogP contribution >= 0.6 is 0 Å². The number of hydrogen-bond donors (Lipinski definition) is 0. The first kappa shape index (κ1) is 15.0. The zero-order chi connectivity index (χ0) is 12.3. The Kier molecular flexibility index (Phi) is 8.66. The van der Waals surface area contributed by atoms with Crippen molar-refractivity contribution in [3.05, 3.63) is 0 Å². The maximum Gasteiger partial charge on any atom is 0.107 e. The van der Waals surface area contributed by atoms with Gasteiger partial charge in [0.25, 0.3) is 0 Å². The molecule has 0 aliphatic carbocycles. The van der Waals surface area contributed by atoms with Crippen molar-refractivity contribution in [1.29, 1.82) is 0 Å². The Balaban J connectivity index is 4.03. The first-order valence-electron chi connectivity index (χ1n) is 5.28. The Labute approximate surface area is 98.5 Å². The molecule has 3 heteroatoms. The van der Waals surface area contributed by atoms with Gasteiger partial charge in [0.15, 0.2) is 0 Å². The molecular formula is C13H20O3. The fraction of sp³-hybridized carbons (Fsp3) is 0.692. The summed E-state index contributed by atoms with van der Waals surface area (Å²) < 4.78 is 16.1. The first-order valence-corrected chi connectivity index (χ1v) is 5.28. The number of ether oxygens (including phenoxy) is 3. The first-order chi connectivity index (χ1) is 7.68. The lowest BCUT2D eigenvalue weighted by Crippen LogP contribution is -2.34. The Hall–Kier alpha value is -1.00. The molecule has 3 nitrogen and oxygen atoms in total. The molecule has 16 heavy (non-hydrogen) atoms. The van der Waals surface area contributed by atoms with Crippen molar-refractivity contribution in [1.82, 2.24) is 0 Å². The van der Waals surface area contributed by atoms with Crippen molar-refractivity contribution < 1.29 is 14.2 Å². The van der Waals surface area contributed by atoms with E-state index in [9.17, 15) is 0 Å². The van der Waals surface area contributed by atoms with Gasteiger partial charge in [-0.25, -0.2) is 0 Å². The van der Waals surface area contributed by atoms with Crippen molar-refractivity contribution >= 4 is 0 Å². The van der Waals surface area contributed by atoms with Crippen LogP contribution in [0.2, 0.25) is 0 Å². The van der Waals surface area contributed by atoms with Crippen molar-refractivity contribution in [3.63, 3.8) is 0 Å². The molecule has 0 unspecified atom stereocenters. The van der Waals surface area contributed by atoms with Crippen LogP contribution in [0.4, 0.5) is 0 Å². The lowest BCUT2D eigenvalue weighted by Gasteiger charge is -2.28. The largest absolute Gasteiger partial charge is 0.381 e. The van der Waals surface area contributed by atoms with E-state index in [1.807, 2.05) is 13.8 Å². The summed E-state index contributed by atoms with van der Waals surface area (Å²) in [6.07, 6.45) is 10.2. The molecule has 0 saturated carbocycles. The van der Waals surface area contributed by atoms with Gasteiger partial charge in [-0.15, -0.1) is 12.8 Å². The zero-order valence-electron chi connectivity index (χ0n) is 10.1. The molecule has 0 spiro atoms. The van der Waals surface area contributed by atoms with Gasteiger partial charge in [0.1, 0.15) is 13.2 Å². The maximum atomic E-state index is 5.40. The molecule has 0 amide bonds. The van der Waals surface area contributed by atoms with E-state index in [4.69, 9.17) is 27.1 Å². The molecule has 0 radical (unpaired) electrons. The van der Waals surface area contributed by atoms with E-state index in [1.165, 1.54) is 0 Å². The summed E-state index contributed by atoms with van der Waals surface area (Å²) in [5.41, 5.74) is -0.205. The highest BCUT2D eigenvalue weighted by Crippen LogP contribution is 2.18. The van der Waals surface area contributed by atoms with Gasteiger partial charge in [0.2, 0.25) is 0 Å². The molecule has 0 saturated heterocycles. The topological polar surface area (TPSA) is 27.7 Å². The lowest BCUT2D eigenvalue weighted by atomic mass is 9.94. The molecule has 90 valence electrons. The SMILES string of the molecule is C#CCOCC(C)(COCC)COCC#C. The quantitative estimate of drug-likeness (QED) is 0.437. The molecule has 0 heterocycles. The zero-order valence-corrected chi connectivity index (χ0v) is 10.1. The van der Waals surface area contributed by atoms with Crippen LogP contribution in [0.1, 0.15) is 13.8 Å². The van der Waals surface area contributed by atoms with Gasteiger partial charge in [0, 0.05) is 12.0 Å². The fourth-order valence-electron chi connectivity index (χ4n) is 1.19. The standard InChI is InChI=1S/C13H20O3/c1-5-8-15-11-13(4,10-14-7-3)12-16-9-6-2/h1-2H,7-12H2,3-4H3. The van der Waals surface area contributed by atoms with Gasteiger partial charge in [-0.05, 0) is 6.92 Å². The van der Waals surface area contributed by atoms with E-state index in [1.54, 1.807) is 0 Å². The van der Waals surface area contributed by atoms with Gasteiger partial charge in [-0.1, -0.05) is 18.8 Å². The second kappa shape index (κ2) is 9.24.